The maximum Gasteiger partial charge on any atom is 0.0711 e. The van der Waals surface area contributed by atoms with Gasteiger partial charge < -0.3 is 10.1 Å². The van der Waals surface area contributed by atoms with Gasteiger partial charge in [0.2, 0.25) is 0 Å². The van der Waals surface area contributed by atoms with Gasteiger partial charge in [-0.3, -0.25) is 4.90 Å². The Morgan fingerprint density at radius 1 is 1.35 bits per heavy atom. The van der Waals surface area contributed by atoms with Crippen LogP contribution >= 0.6 is 0 Å². The summed E-state index contributed by atoms with van der Waals surface area (Å²) < 4.78 is 5.42. The van der Waals surface area contributed by atoms with Crippen LogP contribution in [0.5, 0.6) is 0 Å². The van der Waals surface area contributed by atoms with Gasteiger partial charge >= 0.3 is 0 Å². The maximum atomic E-state index is 5.42. The SMILES string of the molecule is CCCC1CCCCN1CC1CC(OC)CN1. The van der Waals surface area contributed by atoms with Gasteiger partial charge in [-0.15, -0.1) is 0 Å². The van der Waals surface area contributed by atoms with E-state index in [-0.39, 0.29) is 0 Å². The van der Waals surface area contributed by atoms with Crippen molar-refractivity contribution in [3.63, 3.8) is 0 Å². The minimum absolute atomic E-state index is 0.439. The molecule has 0 amide bonds. The van der Waals surface area contributed by atoms with Gasteiger partial charge in [0.1, 0.15) is 0 Å². The highest BCUT2D eigenvalue weighted by atomic mass is 16.5. The Labute approximate surface area is 106 Å². The first-order valence-electron chi connectivity index (χ1n) is 7.33. The largest absolute Gasteiger partial charge is 0.380 e. The van der Waals surface area contributed by atoms with Gasteiger partial charge in [-0.25, -0.2) is 0 Å². The first-order chi connectivity index (χ1) is 8.33. The molecule has 0 saturated carbocycles. The third kappa shape index (κ3) is 3.67. The Hall–Kier alpha value is -0.120. The fourth-order valence-electron chi connectivity index (χ4n) is 3.34. The molecule has 2 saturated heterocycles. The molecule has 2 fully saturated rings. The van der Waals surface area contributed by atoms with Crippen LogP contribution in [0.15, 0.2) is 0 Å². The van der Waals surface area contributed by atoms with E-state index in [1.54, 1.807) is 0 Å². The molecule has 2 heterocycles. The van der Waals surface area contributed by atoms with E-state index in [1.165, 1.54) is 51.6 Å². The van der Waals surface area contributed by atoms with Crippen LogP contribution < -0.4 is 5.32 Å². The molecule has 3 unspecified atom stereocenters. The minimum atomic E-state index is 0.439. The Balaban J connectivity index is 1.79. The Bertz CT molecular complexity index is 220. The highest BCUT2D eigenvalue weighted by Gasteiger charge is 2.29. The molecule has 0 aromatic carbocycles. The van der Waals surface area contributed by atoms with Crippen molar-refractivity contribution in [2.75, 3.05) is 26.7 Å². The summed E-state index contributed by atoms with van der Waals surface area (Å²) in [6.07, 6.45) is 8.55. The molecule has 0 aromatic rings. The molecule has 3 nitrogen and oxygen atoms in total. The molecule has 3 atom stereocenters. The summed E-state index contributed by atoms with van der Waals surface area (Å²) in [7, 11) is 1.83. The number of methoxy groups -OCH3 is 1. The van der Waals surface area contributed by atoms with E-state index in [2.05, 4.69) is 17.1 Å². The Morgan fingerprint density at radius 2 is 2.24 bits per heavy atom. The van der Waals surface area contributed by atoms with E-state index in [1.807, 2.05) is 7.11 Å². The lowest BCUT2D eigenvalue weighted by atomic mass is 9.97. The van der Waals surface area contributed by atoms with Crippen LogP contribution in [0.1, 0.15) is 45.4 Å². The van der Waals surface area contributed by atoms with Gasteiger partial charge in [-0.2, -0.15) is 0 Å². The lowest BCUT2D eigenvalue weighted by Gasteiger charge is -2.37. The molecule has 0 aliphatic carbocycles. The molecular formula is C14H28N2O. The number of hydrogen-bond acceptors (Lipinski definition) is 3. The van der Waals surface area contributed by atoms with Crippen LogP contribution in [0, 0.1) is 0 Å². The van der Waals surface area contributed by atoms with Crippen molar-refractivity contribution in [2.45, 2.75) is 63.6 Å². The molecule has 0 spiro atoms. The van der Waals surface area contributed by atoms with Crippen LogP contribution in [0.2, 0.25) is 0 Å². The average Bonchev–Trinajstić information content (AvgIpc) is 2.80. The average molecular weight is 240 g/mol. The molecule has 2 aliphatic heterocycles. The second-order valence-corrected chi connectivity index (χ2v) is 5.63. The number of ether oxygens (including phenoxy) is 1. The van der Waals surface area contributed by atoms with E-state index >= 15 is 0 Å². The smallest absolute Gasteiger partial charge is 0.0711 e. The second kappa shape index (κ2) is 6.72. The zero-order valence-electron chi connectivity index (χ0n) is 11.5. The van der Waals surface area contributed by atoms with E-state index < -0.39 is 0 Å². The number of nitrogens with one attached hydrogen (secondary N) is 1. The zero-order valence-corrected chi connectivity index (χ0v) is 11.5. The molecule has 0 bridgehead atoms. The summed E-state index contributed by atoms with van der Waals surface area (Å²) in [5, 5.41) is 3.60. The van der Waals surface area contributed by atoms with E-state index in [0.717, 1.165) is 12.6 Å². The van der Waals surface area contributed by atoms with Gasteiger partial charge in [-0.1, -0.05) is 19.8 Å². The summed E-state index contributed by atoms with van der Waals surface area (Å²) in [6, 6.07) is 1.49. The number of hydrogen-bond donors (Lipinski definition) is 1. The number of likely N-dealkylation sites (tertiary alicyclic amines) is 1. The van der Waals surface area contributed by atoms with Crippen molar-refractivity contribution >= 4 is 0 Å². The normalized spacial score (nSPS) is 35.3. The van der Waals surface area contributed by atoms with Gasteiger partial charge in [0.15, 0.2) is 0 Å². The number of piperidine rings is 1. The third-order valence-corrected chi connectivity index (χ3v) is 4.34. The molecular weight excluding hydrogens is 212 g/mol. The first-order valence-corrected chi connectivity index (χ1v) is 7.33. The monoisotopic (exact) mass is 240 g/mol. The van der Waals surface area contributed by atoms with Crippen molar-refractivity contribution in [1.82, 2.24) is 10.2 Å². The van der Waals surface area contributed by atoms with Crippen LogP contribution in [0.4, 0.5) is 0 Å². The van der Waals surface area contributed by atoms with Gasteiger partial charge in [0.25, 0.3) is 0 Å². The molecule has 2 aliphatic rings. The van der Waals surface area contributed by atoms with Crippen molar-refractivity contribution in [2.24, 2.45) is 0 Å². The number of rotatable bonds is 5. The van der Waals surface area contributed by atoms with E-state index in [9.17, 15) is 0 Å². The van der Waals surface area contributed by atoms with Crippen LogP contribution in [-0.4, -0.2) is 49.8 Å². The summed E-state index contributed by atoms with van der Waals surface area (Å²) in [5.74, 6) is 0. The topological polar surface area (TPSA) is 24.5 Å². The first kappa shape index (κ1) is 13.3. The van der Waals surface area contributed by atoms with Gasteiger partial charge in [-0.05, 0) is 32.2 Å². The van der Waals surface area contributed by atoms with Crippen molar-refractivity contribution < 1.29 is 4.74 Å². The molecule has 100 valence electrons. The molecule has 2 rings (SSSR count). The predicted octanol–water partition coefficient (Wildman–Crippen LogP) is 2.02. The Kier molecular flexibility index (Phi) is 5.26. The van der Waals surface area contributed by atoms with Crippen molar-refractivity contribution in [1.29, 1.82) is 0 Å². The quantitative estimate of drug-likeness (QED) is 0.795. The summed E-state index contributed by atoms with van der Waals surface area (Å²) in [6.45, 7) is 5.88. The predicted molar refractivity (Wildman–Crippen MR) is 71.3 cm³/mol. The summed E-state index contributed by atoms with van der Waals surface area (Å²) in [5.41, 5.74) is 0. The summed E-state index contributed by atoms with van der Waals surface area (Å²) in [4.78, 5) is 2.72. The summed E-state index contributed by atoms with van der Waals surface area (Å²) >= 11 is 0. The van der Waals surface area contributed by atoms with Crippen molar-refractivity contribution in [3.8, 4) is 0 Å². The van der Waals surface area contributed by atoms with Crippen molar-refractivity contribution in [3.05, 3.63) is 0 Å². The van der Waals surface area contributed by atoms with Gasteiger partial charge in [0, 0.05) is 32.3 Å². The lowest BCUT2D eigenvalue weighted by Crippen LogP contribution is -2.45. The highest BCUT2D eigenvalue weighted by molar-refractivity contribution is 4.87. The Morgan fingerprint density at radius 3 is 2.94 bits per heavy atom. The highest BCUT2D eigenvalue weighted by Crippen LogP contribution is 2.22. The van der Waals surface area contributed by atoms with Gasteiger partial charge in [0.05, 0.1) is 6.10 Å². The fraction of sp³-hybridized carbons (Fsp3) is 1.00. The van der Waals surface area contributed by atoms with Crippen LogP contribution in [0.3, 0.4) is 0 Å². The van der Waals surface area contributed by atoms with E-state index in [4.69, 9.17) is 4.74 Å². The fourth-order valence-corrected chi connectivity index (χ4v) is 3.34. The molecule has 0 radical (unpaired) electrons. The zero-order chi connectivity index (χ0) is 12.1. The molecule has 17 heavy (non-hydrogen) atoms. The van der Waals surface area contributed by atoms with Crippen LogP contribution in [-0.2, 0) is 4.74 Å². The maximum absolute atomic E-state index is 5.42. The number of nitrogens with zero attached hydrogens (tertiary/aromatic N) is 1. The van der Waals surface area contributed by atoms with E-state index in [0.29, 0.717) is 12.1 Å². The van der Waals surface area contributed by atoms with Crippen LogP contribution in [0.25, 0.3) is 0 Å². The minimum Gasteiger partial charge on any atom is -0.380 e. The third-order valence-electron chi connectivity index (χ3n) is 4.34. The molecule has 0 aromatic heterocycles. The standard InChI is InChI=1S/C14H28N2O/c1-3-6-13-7-4-5-8-16(13)11-12-9-14(17-2)10-15-12/h12-15H,3-11H2,1-2H3. The second-order valence-electron chi connectivity index (χ2n) is 5.63. The lowest BCUT2D eigenvalue weighted by molar-refractivity contribution is 0.106. The molecule has 1 N–H and O–H groups in total. The molecule has 3 heteroatoms.